The minimum absolute atomic E-state index is 0.373. The van der Waals surface area contributed by atoms with E-state index in [9.17, 15) is 4.79 Å². The van der Waals surface area contributed by atoms with Crippen molar-refractivity contribution in [3.8, 4) is 0 Å². The maximum absolute atomic E-state index is 11.6. The SMILES string of the molecule is CC(C)(C)OC(=O)NCCNc1ccccc1N1CCCC1. The van der Waals surface area contributed by atoms with Crippen molar-refractivity contribution in [1.29, 1.82) is 0 Å². The smallest absolute Gasteiger partial charge is 0.407 e. The van der Waals surface area contributed by atoms with Crippen LogP contribution in [0.3, 0.4) is 0 Å². The Morgan fingerprint density at radius 1 is 1.18 bits per heavy atom. The Balaban J connectivity index is 1.79. The van der Waals surface area contributed by atoms with Gasteiger partial charge in [0.05, 0.1) is 11.4 Å². The first-order valence-electron chi connectivity index (χ1n) is 8.00. The fourth-order valence-corrected chi connectivity index (χ4v) is 2.53. The van der Waals surface area contributed by atoms with Crippen LogP contribution in [-0.4, -0.2) is 37.9 Å². The molecule has 1 aliphatic heterocycles. The molecule has 1 saturated heterocycles. The first-order chi connectivity index (χ1) is 10.5. The summed E-state index contributed by atoms with van der Waals surface area (Å²) in [6, 6.07) is 8.33. The number of hydrogen-bond donors (Lipinski definition) is 2. The molecule has 1 aromatic carbocycles. The molecule has 2 N–H and O–H groups in total. The van der Waals surface area contributed by atoms with Gasteiger partial charge in [0.1, 0.15) is 5.60 Å². The molecule has 5 nitrogen and oxygen atoms in total. The number of amides is 1. The molecule has 5 heteroatoms. The summed E-state index contributed by atoms with van der Waals surface area (Å²) >= 11 is 0. The van der Waals surface area contributed by atoms with Crippen LogP contribution in [0, 0.1) is 0 Å². The van der Waals surface area contributed by atoms with Gasteiger partial charge in [-0.05, 0) is 45.7 Å². The molecule has 22 heavy (non-hydrogen) atoms. The summed E-state index contributed by atoms with van der Waals surface area (Å²) in [5.41, 5.74) is 1.91. The van der Waals surface area contributed by atoms with E-state index in [-0.39, 0.29) is 6.09 Å². The Bertz CT molecular complexity index is 491. The Kier molecular flexibility index (Phi) is 5.52. The van der Waals surface area contributed by atoms with E-state index in [0.717, 1.165) is 18.8 Å². The minimum atomic E-state index is -0.458. The van der Waals surface area contributed by atoms with E-state index in [2.05, 4.69) is 33.7 Å². The third-order valence-corrected chi connectivity index (χ3v) is 3.46. The summed E-state index contributed by atoms with van der Waals surface area (Å²) in [5.74, 6) is 0. The Labute approximate surface area is 133 Å². The zero-order chi connectivity index (χ0) is 16.0. The van der Waals surface area contributed by atoms with Gasteiger partial charge in [0, 0.05) is 26.2 Å². The number of para-hydroxylation sites is 2. The topological polar surface area (TPSA) is 53.6 Å². The Hall–Kier alpha value is -1.91. The van der Waals surface area contributed by atoms with Crippen LogP contribution in [0.15, 0.2) is 24.3 Å². The zero-order valence-electron chi connectivity index (χ0n) is 13.8. The number of rotatable bonds is 5. The highest BCUT2D eigenvalue weighted by Crippen LogP contribution is 2.28. The van der Waals surface area contributed by atoms with Crippen molar-refractivity contribution in [1.82, 2.24) is 5.32 Å². The van der Waals surface area contributed by atoms with E-state index in [1.807, 2.05) is 26.8 Å². The lowest BCUT2D eigenvalue weighted by molar-refractivity contribution is 0.0530. The number of carbonyl (C=O) groups is 1. The maximum atomic E-state index is 11.6. The van der Waals surface area contributed by atoms with Crippen molar-refractivity contribution in [2.24, 2.45) is 0 Å². The monoisotopic (exact) mass is 305 g/mol. The molecular weight excluding hydrogens is 278 g/mol. The van der Waals surface area contributed by atoms with Crippen LogP contribution < -0.4 is 15.5 Å². The zero-order valence-corrected chi connectivity index (χ0v) is 13.8. The molecule has 122 valence electrons. The molecule has 0 radical (unpaired) electrons. The number of ether oxygens (including phenoxy) is 1. The summed E-state index contributed by atoms with van der Waals surface area (Å²) in [4.78, 5) is 14.0. The molecule has 0 aromatic heterocycles. The molecule has 1 aromatic rings. The van der Waals surface area contributed by atoms with Crippen molar-refractivity contribution in [2.75, 3.05) is 36.4 Å². The van der Waals surface area contributed by atoms with Gasteiger partial charge in [-0.15, -0.1) is 0 Å². The molecule has 1 aliphatic rings. The van der Waals surface area contributed by atoms with Crippen molar-refractivity contribution < 1.29 is 9.53 Å². The van der Waals surface area contributed by atoms with Crippen molar-refractivity contribution in [2.45, 2.75) is 39.2 Å². The van der Waals surface area contributed by atoms with Gasteiger partial charge in [-0.2, -0.15) is 0 Å². The van der Waals surface area contributed by atoms with Crippen molar-refractivity contribution in [3.63, 3.8) is 0 Å². The second kappa shape index (κ2) is 7.38. The highest BCUT2D eigenvalue weighted by atomic mass is 16.6. The number of anilines is 2. The number of nitrogens with zero attached hydrogens (tertiary/aromatic N) is 1. The molecule has 0 spiro atoms. The van der Waals surface area contributed by atoms with Crippen molar-refractivity contribution in [3.05, 3.63) is 24.3 Å². The maximum Gasteiger partial charge on any atom is 0.407 e. The number of benzene rings is 1. The summed E-state index contributed by atoms with van der Waals surface area (Å²) in [5, 5.41) is 6.16. The van der Waals surface area contributed by atoms with Crippen molar-refractivity contribution >= 4 is 17.5 Å². The van der Waals surface area contributed by atoms with Gasteiger partial charge in [0.2, 0.25) is 0 Å². The van der Waals surface area contributed by atoms with E-state index in [4.69, 9.17) is 4.74 Å². The molecule has 0 unspecified atom stereocenters. The normalized spacial score (nSPS) is 14.8. The fraction of sp³-hybridized carbons (Fsp3) is 0.588. The highest BCUT2D eigenvalue weighted by molar-refractivity contribution is 5.70. The van der Waals surface area contributed by atoms with Crippen LogP contribution >= 0.6 is 0 Å². The summed E-state index contributed by atoms with van der Waals surface area (Å²) < 4.78 is 5.21. The van der Waals surface area contributed by atoms with E-state index in [1.165, 1.54) is 18.5 Å². The molecule has 0 aliphatic carbocycles. The van der Waals surface area contributed by atoms with Gasteiger partial charge >= 0.3 is 6.09 Å². The molecule has 1 fully saturated rings. The van der Waals surface area contributed by atoms with Crippen LogP contribution in [0.2, 0.25) is 0 Å². The largest absolute Gasteiger partial charge is 0.444 e. The number of nitrogens with one attached hydrogen (secondary N) is 2. The Morgan fingerprint density at radius 2 is 1.86 bits per heavy atom. The van der Waals surface area contributed by atoms with Crippen LogP contribution in [0.4, 0.5) is 16.2 Å². The van der Waals surface area contributed by atoms with Gasteiger partial charge in [0.25, 0.3) is 0 Å². The summed E-state index contributed by atoms with van der Waals surface area (Å²) in [6.07, 6.45) is 2.14. The fourth-order valence-electron chi connectivity index (χ4n) is 2.53. The minimum Gasteiger partial charge on any atom is -0.444 e. The second-order valence-corrected chi connectivity index (χ2v) is 6.57. The average molecular weight is 305 g/mol. The van der Waals surface area contributed by atoms with Gasteiger partial charge in [-0.25, -0.2) is 4.79 Å². The molecule has 0 bridgehead atoms. The van der Waals surface area contributed by atoms with E-state index >= 15 is 0 Å². The third kappa shape index (κ3) is 5.13. The van der Waals surface area contributed by atoms with Gasteiger partial charge in [0.15, 0.2) is 0 Å². The predicted octanol–water partition coefficient (Wildman–Crippen LogP) is 3.22. The van der Waals surface area contributed by atoms with Crippen LogP contribution in [0.5, 0.6) is 0 Å². The molecular formula is C17H27N3O2. The van der Waals surface area contributed by atoms with Crippen LogP contribution in [0.25, 0.3) is 0 Å². The predicted molar refractivity (Wildman–Crippen MR) is 90.6 cm³/mol. The summed E-state index contributed by atoms with van der Waals surface area (Å²) in [6.45, 7) is 9.02. The van der Waals surface area contributed by atoms with Gasteiger partial charge in [-0.3, -0.25) is 0 Å². The lowest BCUT2D eigenvalue weighted by Crippen LogP contribution is -2.35. The molecule has 1 heterocycles. The van der Waals surface area contributed by atoms with E-state index in [0.29, 0.717) is 13.1 Å². The second-order valence-electron chi connectivity index (χ2n) is 6.57. The van der Waals surface area contributed by atoms with E-state index in [1.54, 1.807) is 0 Å². The number of alkyl carbamates (subject to hydrolysis) is 1. The van der Waals surface area contributed by atoms with Gasteiger partial charge in [-0.1, -0.05) is 12.1 Å². The third-order valence-electron chi connectivity index (χ3n) is 3.46. The first-order valence-corrected chi connectivity index (χ1v) is 8.00. The summed E-state index contributed by atoms with van der Waals surface area (Å²) in [7, 11) is 0. The Morgan fingerprint density at radius 3 is 2.55 bits per heavy atom. The number of hydrogen-bond acceptors (Lipinski definition) is 4. The standard InChI is InChI=1S/C17H27N3O2/c1-17(2,3)22-16(21)19-11-10-18-14-8-4-5-9-15(14)20-12-6-7-13-20/h4-5,8-9,18H,6-7,10-13H2,1-3H3,(H,19,21). The lowest BCUT2D eigenvalue weighted by atomic mass is 10.2. The van der Waals surface area contributed by atoms with Crippen LogP contribution in [-0.2, 0) is 4.74 Å². The average Bonchev–Trinajstić information content (AvgIpc) is 2.96. The lowest BCUT2D eigenvalue weighted by Gasteiger charge is -2.22. The van der Waals surface area contributed by atoms with E-state index < -0.39 is 5.60 Å². The first kappa shape index (κ1) is 16.5. The number of carbonyl (C=O) groups excluding carboxylic acids is 1. The molecule has 0 saturated carbocycles. The van der Waals surface area contributed by atoms with Crippen LogP contribution in [0.1, 0.15) is 33.6 Å². The quantitative estimate of drug-likeness (QED) is 0.820. The highest BCUT2D eigenvalue weighted by Gasteiger charge is 2.16. The molecule has 0 atom stereocenters. The molecule has 1 amide bonds. The molecule has 2 rings (SSSR count). The van der Waals surface area contributed by atoms with Gasteiger partial charge < -0.3 is 20.3 Å².